The van der Waals surface area contributed by atoms with Gasteiger partial charge in [0.05, 0.1) is 17.1 Å². The Morgan fingerprint density at radius 1 is 0.911 bits per heavy atom. The van der Waals surface area contributed by atoms with Gasteiger partial charge in [-0.05, 0) is 79.9 Å². The minimum Gasteiger partial charge on any atom is -0.444 e. The molecule has 45 heavy (non-hydrogen) atoms. The number of amides is 3. The lowest BCUT2D eigenvalue weighted by atomic mass is 10.0. The molecule has 0 unspecified atom stereocenters. The summed E-state index contributed by atoms with van der Waals surface area (Å²) in [5, 5.41) is 18.3. The standard InChI is InChI=1S/C35H38N6O4/c1-35(2,3)45-34(44)39-15-12-32(42)40-16-18-41(19-17-40)33(43)28-8-7-26-20-24(4-6-27(26)22-28)10-13-37-31-11-14-38-30-9-5-25(23-36)21-29(30)31/h4-9,11,14,20-22H,10,12-13,15-19H2,1-3H3,(H,37,38)(H,39,44). The lowest BCUT2D eigenvalue weighted by Crippen LogP contribution is -2.51. The molecule has 3 aromatic carbocycles. The second kappa shape index (κ2) is 13.6. The lowest BCUT2D eigenvalue weighted by molar-refractivity contribution is -0.132. The fourth-order valence-electron chi connectivity index (χ4n) is 5.38. The van der Waals surface area contributed by atoms with Crippen LogP contribution in [0.3, 0.4) is 0 Å². The number of ether oxygens (including phenoxy) is 1. The molecule has 232 valence electrons. The summed E-state index contributed by atoms with van der Waals surface area (Å²) in [6.45, 7) is 8.10. The van der Waals surface area contributed by atoms with Crippen molar-refractivity contribution in [3.8, 4) is 6.07 Å². The highest BCUT2D eigenvalue weighted by Crippen LogP contribution is 2.24. The minimum atomic E-state index is -0.591. The monoisotopic (exact) mass is 606 g/mol. The number of nitrogens with one attached hydrogen (secondary N) is 2. The van der Waals surface area contributed by atoms with E-state index in [4.69, 9.17) is 4.74 Å². The van der Waals surface area contributed by atoms with Gasteiger partial charge in [-0.3, -0.25) is 14.6 Å². The van der Waals surface area contributed by atoms with Crippen LogP contribution < -0.4 is 10.6 Å². The van der Waals surface area contributed by atoms with Crippen LogP contribution in [0.5, 0.6) is 0 Å². The van der Waals surface area contributed by atoms with Gasteiger partial charge in [-0.25, -0.2) is 4.79 Å². The predicted molar refractivity (Wildman–Crippen MR) is 174 cm³/mol. The molecule has 1 aliphatic rings. The van der Waals surface area contributed by atoms with E-state index < -0.39 is 11.7 Å². The molecule has 0 spiro atoms. The van der Waals surface area contributed by atoms with Gasteiger partial charge in [0, 0.05) is 68.5 Å². The molecule has 0 bridgehead atoms. The quantitative estimate of drug-likeness (QED) is 0.285. The summed E-state index contributed by atoms with van der Waals surface area (Å²) in [7, 11) is 0. The maximum atomic E-state index is 13.3. The molecular weight excluding hydrogens is 568 g/mol. The summed E-state index contributed by atoms with van der Waals surface area (Å²) in [6, 6.07) is 21.6. The number of nitriles is 1. The van der Waals surface area contributed by atoms with Crippen molar-refractivity contribution in [2.75, 3.05) is 44.6 Å². The van der Waals surface area contributed by atoms with Crippen LogP contribution in [0.15, 0.2) is 66.9 Å². The molecule has 2 N–H and O–H groups in total. The number of hydrogen-bond acceptors (Lipinski definition) is 7. The molecule has 2 heterocycles. The normalized spacial score (nSPS) is 13.4. The van der Waals surface area contributed by atoms with E-state index >= 15 is 0 Å². The van der Waals surface area contributed by atoms with Crippen molar-refractivity contribution >= 4 is 45.3 Å². The van der Waals surface area contributed by atoms with E-state index in [1.54, 1.807) is 42.8 Å². The number of carbonyl (C=O) groups excluding carboxylic acids is 3. The minimum absolute atomic E-state index is 0.0481. The Bertz CT molecular complexity index is 1770. The third kappa shape index (κ3) is 8.06. The highest BCUT2D eigenvalue weighted by atomic mass is 16.6. The van der Waals surface area contributed by atoms with E-state index in [2.05, 4.69) is 33.8 Å². The average Bonchev–Trinajstić information content (AvgIpc) is 3.03. The largest absolute Gasteiger partial charge is 0.444 e. The van der Waals surface area contributed by atoms with E-state index in [1.165, 1.54) is 5.56 Å². The third-order valence-electron chi connectivity index (χ3n) is 7.68. The number of benzene rings is 3. The van der Waals surface area contributed by atoms with Gasteiger partial charge in [-0.1, -0.05) is 24.3 Å². The van der Waals surface area contributed by atoms with Crippen LogP contribution in [0.4, 0.5) is 10.5 Å². The fraction of sp³-hybridized carbons (Fsp3) is 0.343. The molecule has 3 amide bonds. The lowest BCUT2D eigenvalue weighted by Gasteiger charge is -2.35. The van der Waals surface area contributed by atoms with Crippen molar-refractivity contribution in [2.45, 2.75) is 39.2 Å². The topological polar surface area (TPSA) is 128 Å². The molecule has 4 aromatic rings. The predicted octanol–water partition coefficient (Wildman–Crippen LogP) is 5.11. The van der Waals surface area contributed by atoms with E-state index in [0.29, 0.717) is 43.9 Å². The van der Waals surface area contributed by atoms with Crippen molar-refractivity contribution in [1.82, 2.24) is 20.1 Å². The van der Waals surface area contributed by atoms with E-state index in [9.17, 15) is 19.6 Å². The maximum Gasteiger partial charge on any atom is 0.407 e. The molecule has 5 rings (SSSR count). The number of piperazine rings is 1. The van der Waals surface area contributed by atoms with Crippen LogP contribution in [0.25, 0.3) is 21.7 Å². The maximum absolute atomic E-state index is 13.3. The van der Waals surface area contributed by atoms with E-state index in [0.717, 1.165) is 33.8 Å². The number of alkyl carbamates (subject to hydrolysis) is 1. The van der Waals surface area contributed by atoms with Crippen LogP contribution in [0.2, 0.25) is 0 Å². The van der Waals surface area contributed by atoms with Crippen LogP contribution in [-0.2, 0) is 16.0 Å². The molecule has 1 fully saturated rings. The van der Waals surface area contributed by atoms with Gasteiger partial charge >= 0.3 is 6.09 Å². The highest BCUT2D eigenvalue weighted by molar-refractivity contribution is 5.99. The summed E-state index contributed by atoms with van der Waals surface area (Å²) < 4.78 is 5.20. The third-order valence-corrected chi connectivity index (χ3v) is 7.68. The molecule has 0 aliphatic carbocycles. The van der Waals surface area contributed by atoms with Crippen molar-refractivity contribution in [3.05, 3.63) is 83.6 Å². The molecule has 0 saturated carbocycles. The SMILES string of the molecule is CC(C)(C)OC(=O)NCCC(=O)N1CCN(C(=O)c2ccc3cc(CCNc4ccnc5ccc(C#N)cc45)ccc3c2)CC1. The number of nitrogens with zero attached hydrogens (tertiary/aromatic N) is 4. The van der Waals surface area contributed by atoms with Gasteiger partial charge in [-0.2, -0.15) is 5.26 Å². The van der Waals surface area contributed by atoms with Crippen LogP contribution in [0, 0.1) is 11.3 Å². The van der Waals surface area contributed by atoms with Crippen molar-refractivity contribution < 1.29 is 19.1 Å². The van der Waals surface area contributed by atoms with Crippen LogP contribution >= 0.6 is 0 Å². The first-order chi connectivity index (χ1) is 21.6. The summed E-state index contributed by atoms with van der Waals surface area (Å²) in [5.41, 5.74) is 3.60. The smallest absolute Gasteiger partial charge is 0.407 e. The van der Waals surface area contributed by atoms with E-state index in [-0.39, 0.29) is 24.8 Å². The molecule has 1 saturated heterocycles. The van der Waals surface area contributed by atoms with Gasteiger partial charge in [0.15, 0.2) is 0 Å². The number of carbonyl (C=O) groups is 3. The van der Waals surface area contributed by atoms with Gasteiger partial charge in [0.1, 0.15) is 5.60 Å². The summed E-state index contributed by atoms with van der Waals surface area (Å²) in [4.78, 5) is 45.6. The molecule has 10 heteroatoms. The Morgan fingerprint density at radius 2 is 1.64 bits per heavy atom. The molecular formula is C35H38N6O4. The average molecular weight is 607 g/mol. The Morgan fingerprint density at radius 3 is 2.40 bits per heavy atom. The van der Waals surface area contributed by atoms with Gasteiger partial charge < -0.3 is 25.2 Å². The summed E-state index contributed by atoms with van der Waals surface area (Å²) in [5.74, 6) is -0.106. The zero-order chi connectivity index (χ0) is 32.0. The Labute approximate surface area is 263 Å². The number of anilines is 1. The Balaban J connectivity index is 1.11. The van der Waals surface area contributed by atoms with Gasteiger partial charge in [0.2, 0.25) is 5.91 Å². The Hall–Kier alpha value is -5.17. The molecule has 0 atom stereocenters. The second-order valence-corrected chi connectivity index (χ2v) is 12.1. The van der Waals surface area contributed by atoms with E-state index in [1.807, 2.05) is 42.5 Å². The number of aromatic nitrogens is 1. The number of hydrogen-bond donors (Lipinski definition) is 2. The molecule has 1 aliphatic heterocycles. The zero-order valence-electron chi connectivity index (χ0n) is 25.9. The van der Waals surface area contributed by atoms with Crippen LogP contribution in [-0.4, -0.2) is 77.6 Å². The molecule has 10 nitrogen and oxygen atoms in total. The fourth-order valence-corrected chi connectivity index (χ4v) is 5.38. The Kier molecular flexibility index (Phi) is 9.48. The second-order valence-electron chi connectivity index (χ2n) is 12.1. The zero-order valence-corrected chi connectivity index (χ0v) is 25.9. The van der Waals surface area contributed by atoms with Crippen LogP contribution in [0.1, 0.15) is 48.7 Å². The summed E-state index contributed by atoms with van der Waals surface area (Å²) >= 11 is 0. The summed E-state index contributed by atoms with van der Waals surface area (Å²) in [6.07, 6.45) is 2.21. The van der Waals surface area contributed by atoms with Crippen molar-refractivity contribution in [3.63, 3.8) is 0 Å². The van der Waals surface area contributed by atoms with Gasteiger partial charge in [0.25, 0.3) is 5.91 Å². The first-order valence-corrected chi connectivity index (χ1v) is 15.2. The number of fused-ring (bicyclic) bond motifs is 2. The first kappa shape index (κ1) is 31.3. The van der Waals surface area contributed by atoms with Gasteiger partial charge in [-0.15, -0.1) is 0 Å². The van der Waals surface area contributed by atoms with Crippen molar-refractivity contribution in [1.29, 1.82) is 5.26 Å². The molecule has 0 radical (unpaired) electrons. The number of rotatable bonds is 8. The number of pyridine rings is 1. The van der Waals surface area contributed by atoms with Crippen molar-refractivity contribution in [2.24, 2.45) is 0 Å². The first-order valence-electron chi connectivity index (χ1n) is 15.2. The molecule has 1 aromatic heterocycles. The highest BCUT2D eigenvalue weighted by Gasteiger charge is 2.25.